The maximum atomic E-state index is 10.5. The third-order valence-corrected chi connectivity index (χ3v) is 1.75. The standard InChI is InChI=1S/C4H11O4P.C3H9N/c1-3-7-9(5,6)8-4-2;1-4(2)3/h3-4H2,1-2H3,(H,5,6);1-3H3. The summed E-state index contributed by atoms with van der Waals surface area (Å²) in [7, 11) is 2.31. The molecule has 0 amide bonds. The van der Waals surface area contributed by atoms with Crippen LogP contribution in [0.1, 0.15) is 13.8 Å². The first kappa shape index (κ1) is 15.5. The quantitative estimate of drug-likeness (QED) is 0.714. The second-order valence-electron chi connectivity index (χ2n) is 2.65. The van der Waals surface area contributed by atoms with Crippen LogP contribution >= 0.6 is 7.82 Å². The maximum Gasteiger partial charge on any atom is 0.472 e. The second-order valence-corrected chi connectivity index (χ2v) is 4.10. The molecule has 0 aromatic carbocycles. The molecule has 0 aromatic heterocycles. The van der Waals surface area contributed by atoms with E-state index in [0.717, 1.165) is 0 Å². The molecule has 0 unspecified atom stereocenters. The highest BCUT2D eigenvalue weighted by Crippen LogP contribution is 2.42. The molecule has 0 rings (SSSR count). The highest BCUT2D eigenvalue weighted by Gasteiger charge is 2.17. The minimum absolute atomic E-state index is 0.188. The average molecular weight is 213 g/mol. The van der Waals surface area contributed by atoms with Crippen molar-refractivity contribution in [1.82, 2.24) is 4.90 Å². The Labute approximate surface area is 80.3 Å². The summed E-state index contributed by atoms with van der Waals surface area (Å²) in [5.41, 5.74) is 0. The van der Waals surface area contributed by atoms with Crippen molar-refractivity contribution >= 4 is 7.82 Å². The lowest BCUT2D eigenvalue weighted by Gasteiger charge is -2.07. The van der Waals surface area contributed by atoms with Gasteiger partial charge in [-0.1, -0.05) is 0 Å². The van der Waals surface area contributed by atoms with E-state index in [1.54, 1.807) is 13.8 Å². The minimum atomic E-state index is -3.69. The van der Waals surface area contributed by atoms with E-state index in [1.807, 2.05) is 26.0 Å². The summed E-state index contributed by atoms with van der Waals surface area (Å²) in [4.78, 5) is 10.6. The first-order valence-corrected chi connectivity index (χ1v) is 5.58. The Hall–Kier alpha value is 0.0700. The lowest BCUT2D eigenvalue weighted by molar-refractivity contribution is 0.161. The van der Waals surface area contributed by atoms with Gasteiger partial charge in [-0.15, -0.1) is 0 Å². The van der Waals surface area contributed by atoms with E-state index in [2.05, 4.69) is 9.05 Å². The normalized spacial score (nSPS) is 11.0. The molecule has 0 aliphatic carbocycles. The van der Waals surface area contributed by atoms with Gasteiger partial charge in [-0.25, -0.2) is 4.57 Å². The third-order valence-electron chi connectivity index (χ3n) is 0.584. The van der Waals surface area contributed by atoms with E-state index in [0.29, 0.717) is 0 Å². The van der Waals surface area contributed by atoms with Crippen LogP contribution in [0.3, 0.4) is 0 Å². The van der Waals surface area contributed by atoms with Crippen LogP contribution in [0.4, 0.5) is 0 Å². The predicted molar refractivity (Wildman–Crippen MR) is 52.7 cm³/mol. The Bertz CT molecular complexity index is 139. The molecule has 82 valence electrons. The number of hydrogen-bond donors (Lipinski definition) is 1. The first-order chi connectivity index (χ1) is 5.85. The largest absolute Gasteiger partial charge is 0.472 e. The van der Waals surface area contributed by atoms with Gasteiger partial charge in [0.15, 0.2) is 0 Å². The molecule has 0 aliphatic rings. The van der Waals surface area contributed by atoms with Crippen molar-refractivity contribution in [3.8, 4) is 0 Å². The topological polar surface area (TPSA) is 59.0 Å². The zero-order valence-electron chi connectivity index (χ0n) is 8.98. The van der Waals surface area contributed by atoms with Gasteiger partial charge < -0.3 is 9.79 Å². The summed E-state index contributed by atoms with van der Waals surface area (Å²) in [6, 6.07) is 0. The summed E-state index contributed by atoms with van der Waals surface area (Å²) in [6.45, 7) is 3.63. The van der Waals surface area contributed by atoms with Gasteiger partial charge in [0.1, 0.15) is 0 Å². The molecule has 0 atom stereocenters. The molecule has 0 heterocycles. The van der Waals surface area contributed by atoms with Gasteiger partial charge in [0, 0.05) is 0 Å². The zero-order valence-corrected chi connectivity index (χ0v) is 9.88. The van der Waals surface area contributed by atoms with Crippen molar-refractivity contribution in [2.75, 3.05) is 34.4 Å². The Balaban J connectivity index is 0. The molecule has 0 spiro atoms. The third kappa shape index (κ3) is 18.8. The molecule has 0 saturated heterocycles. The summed E-state index contributed by atoms with van der Waals surface area (Å²) in [6.07, 6.45) is 0. The molecule has 0 radical (unpaired) electrons. The Kier molecular flexibility index (Phi) is 10.3. The van der Waals surface area contributed by atoms with Crippen molar-refractivity contribution in [3.05, 3.63) is 0 Å². The minimum Gasteiger partial charge on any atom is -0.312 e. The van der Waals surface area contributed by atoms with E-state index in [9.17, 15) is 4.57 Å². The van der Waals surface area contributed by atoms with E-state index in [4.69, 9.17) is 4.89 Å². The van der Waals surface area contributed by atoms with Gasteiger partial charge in [0.05, 0.1) is 13.2 Å². The van der Waals surface area contributed by atoms with Crippen LogP contribution in [0.2, 0.25) is 0 Å². The van der Waals surface area contributed by atoms with E-state index >= 15 is 0 Å². The highest BCUT2D eigenvalue weighted by atomic mass is 31.2. The van der Waals surface area contributed by atoms with Gasteiger partial charge in [0.2, 0.25) is 0 Å². The van der Waals surface area contributed by atoms with Gasteiger partial charge in [-0.05, 0) is 35.0 Å². The molecule has 5 nitrogen and oxygen atoms in total. The smallest absolute Gasteiger partial charge is 0.312 e. The summed E-state index contributed by atoms with van der Waals surface area (Å²) >= 11 is 0. The number of rotatable bonds is 4. The fourth-order valence-electron chi connectivity index (χ4n) is 0.364. The fourth-order valence-corrected chi connectivity index (χ4v) is 1.09. The molecule has 13 heavy (non-hydrogen) atoms. The molecular weight excluding hydrogens is 193 g/mol. The van der Waals surface area contributed by atoms with Crippen LogP contribution in [-0.4, -0.2) is 44.2 Å². The molecule has 0 aliphatic heterocycles. The van der Waals surface area contributed by atoms with Gasteiger partial charge in [-0.3, -0.25) is 9.05 Å². The molecule has 0 saturated carbocycles. The molecule has 6 heteroatoms. The molecule has 0 aromatic rings. The van der Waals surface area contributed by atoms with E-state index in [1.165, 1.54) is 0 Å². The number of hydrogen-bond acceptors (Lipinski definition) is 4. The van der Waals surface area contributed by atoms with Crippen molar-refractivity contribution in [2.45, 2.75) is 13.8 Å². The van der Waals surface area contributed by atoms with E-state index < -0.39 is 7.82 Å². The maximum absolute atomic E-state index is 10.5. The predicted octanol–water partition coefficient (Wildman–Crippen LogP) is 1.34. The second kappa shape index (κ2) is 8.66. The number of nitrogens with zero attached hydrogens (tertiary/aromatic N) is 1. The highest BCUT2D eigenvalue weighted by molar-refractivity contribution is 7.47. The van der Waals surface area contributed by atoms with Crippen LogP contribution in [0.5, 0.6) is 0 Å². The number of phosphoric ester groups is 1. The van der Waals surface area contributed by atoms with Crippen molar-refractivity contribution in [2.24, 2.45) is 0 Å². The molecule has 0 bridgehead atoms. The SMILES string of the molecule is CCOP(=O)(O)OCC.CN(C)C. The van der Waals surface area contributed by atoms with Crippen molar-refractivity contribution < 1.29 is 18.5 Å². The molecule has 0 fully saturated rings. The Morgan fingerprint density at radius 2 is 1.38 bits per heavy atom. The molecular formula is C7H20NO4P. The van der Waals surface area contributed by atoms with Crippen molar-refractivity contribution in [3.63, 3.8) is 0 Å². The zero-order chi connectivity index (χ0) is 10.9. The number of phosphoric acid groups is 1. The van der Waals surface area contributed by atoms with Crippen LogP contribution < -0.4 is 0 Å². The lowest BCUT2D eigenvalue weighted by Crippen LogP contribution is -1.99. The van der Waals surface area contributed by atoms with Crippen LogP contribution in [0, 0.1) is 0 Å². The van der Waals surface area contributed by atoms with Crippen LogP contribution in [0.15, 0.2) is 0 Å². The Morgan fingerprint density at radius 3 is 1.54 bits per heavy atom. The first-order valence-electron chi connectivity index (χ1n) is 4.08. The molecule has 1 N–H and O–H groups in total. The van der Waals surface area contributed by atoms with Crippen molar-refractivity contribution in [1.29, 1.82) is 0 Å². The summed E-state index contributed by atoms with van der Waals surface area (Å²) < 4.78 is 19.2. The lowest BCUT2D eigenvalue weighted by atomic mass is 10.9. The fraction of sp³-hybridized carbons (Fsp3) is 1.00. The van der Waals surface area contributed by atoms with E-state index in [-0.39, 0.29) is 13.2 Å². The summed E-state index contributed by atoms with van der Waals surface area (Å²) in [5.74, 6) is 0. The van der Waals surface area contributed by atoms with Gasteiger partial charge >= 0.3 is 7.82 Å². The Morgan fingerprint density at radius 1 is 1.15 bits per heavy atom. The monoisotopic (exact) mass is 213 g/mol. The van der Waals surface area contributed by atoms with Gasteiger partial charge in [-0.2, -0.15) is 0 Å². The van der Waals surface area contributed by atoms with Crippen LogP contribution in [-0.2, 0) is 13.6 Å². The summed E-state index contributed by atoms with van der Waals surface area (Å²) in [5, 5.41) is 0. The average Bonchev–Trinajstić information content (AvgIpc) is 1.84. The van der Waals surface area contributed by atoms with Crippen LogP contribution in [0.25, 0.3) is 0 Å². The van der Waals surface area contributed by atoms with Gasteiger partial charge in [0.25, 0.3) is 0 Å².